The summed E-state index contributed by atoms with van der Waals surface area (Å²) in [4.78, 5) is 0. The third-order valence-corrected chi connectivity index (χ3v) is 4.34. The number of aromatic nitrogens is 2. The van der Waals surface area contributed by atoms with Crippen LogP contribution in [0.5, 0.6) is 0 Å². The van der Waals surface area contributed by atoms with E-state index in [0.29, 0.717) is 5.56 Å². The monoisotopic (exact) mass is 323 g/mol. The molecule has 0 spiro atoms. The van der Waals surface area contributed by atoms with Crippen LogP contribution in [0.15, 0.2) is 30.3 Å². The summed E-state index contributed by atoms with van der Waals surface area (Å²) in [5.41, 5.74) is 0.514. The van der Waals surface area contributed by atoms with Gasteiger partial charge in [-0.1, -0.05) is 41.7 Å². The Morgan fingerprint density at radius 1 is 1.15 bits per heavy atom. The molecule has 10 heteroatoms. The normalized spacial score (nSPS) is 12.3. The van der Waals surface area contributed by atoms with Gasteiger partial charge in [-0.2, -0.15) is 13.2 Å². The Balaban J connectivity index is 2.11. The van der Waals surface area contributed by atoms with E-state index >= 15 is 0 Å². The fraction of sp³-hybridized carbons (Fsp3) is 0.200. The summed E-state index contributed by atoms with van der Waals surface area (Å²) in [6.45, 7) is 0. The van der Waals surface area contributed by atoms with E-state index < -0.39 is 26.3 Å². The van der Waals surface area contributed by atoms with Crippen molar-refractivity contribution in [1.29, 1.82) is 0 Å². The largest absolute Gasteiger partial charge is 0.445 e. The zero-order valence-corrected chi connectivity index (χ0v) is 11.4. The van der Waals surface area contributed by atoms with Gasteiger partial charge in [-0.15, -0.1) is 10.2 Å². The van der Waals surface area contributed by atoms with Gasteiger partial charge in [0.1, 0.15) is 0 Å². The first-order valence-electron chi connectivity index (χ1n) is 5.21. The lowest BCUT2D eigenvalue weighted by Gasteiger charge is -2.04. The van der Waals surface area contributed by atoms with E-state index in [4.69, 9.17) is 0 Å². The average molecular weight is 323 g/mol. The van der Waals surface area contributed by atoms with Crippen molar-refractivity contribution in [3.05, 3.63) is 40.9 Å². The van der Waals surface area contributed by atoms with Crippen molar-refractivity contribution in [3.8, 4) is 0 Å². The Bertz CT molecular complexity index is 683. The molecule has 0 saturated heterocycles. The SMILES string of the molecule is O=S(=O)(Cc1ccccc1)Nc1nnc(C(F)(F)F)s1. The number of hydrogen-bond donors (Lipinski definition) is 1. The van der Waals surface area contributed by atoms with Gasteiger partial charge in [0.15, 0.2) is 0 Å². The average Bonchev–Trinajstić information content (AvgIpc) is 2.77. The number of hydrogen-bond acceptors (Lipinski definition) is 5. The highest BCUT2D eigenvalue weighted by atomic mass is 32.2. The fourth-order valence-electron chi connectivity index (χ4n) is 1.34. The predicted octanol–water partition coefficient (Wildman–Crippen LogP) is 2.50. The van der Waals surface area contributed by atoms with E-state index in [2.05, 4.69) is 10.2 Å². The zero-order chi connectivity index (χ0) is 14.8. The molecule has 0 aliphatic heterocycles. The number of alkyl halides is 3. The van der Waals surface area contributed by atoms with E-state index in [9.17, 15) is 21.6 Å². The maximum atomic E-state index is 12.3. The number of sulfonamides is 1. The van der Waals surface area contributed by atoms with E-state index in [1.54, 1.807) is 30.3 Å². The smallest absolute Gasteiger partial charge is 0.257 e. The van der Waals surface area contributed by atoms with Crippen molar-refractivity contribution in [1.82, 2.24) is 10.2 Å². The quantitative estimate of drug-likeness (QED) is 0.938. The van der Waals surface area contributed by atoms with Crippen molar-refractivity contribution < 1.29 is 21.6 Å². The highest BCUT2D eigenvalue weighted by molar-refractivity contribution is 7.92. The molecule has 1 aromatic heterocycles. The molecule has 0 bridgehead atoms. The molecule has 0 radical (unpaired) electrons. The van der Waals surface area contributed by atoms with Gasteiger partial charge >= 0.3 is 6.18 Å². The molecule has 0 fully saturated rings. The first kappa shape index (κ1) is 14.7. The van der Waals surface area contributed by atoms with Crippen LogP contribution >= 0.6 is 11.3 Å². The molecule has 0 aliphatic rings. The molecule has 0 aliphatic carbocycles. The lowest BCUT2D eigenvalue weighted by Crippen LogP contribution is -2.14. The maximum absolute atomic E-state index is 12.3. The molecule has 1 aromatic carbocycles. The summed E-state index contributed by atoms with van der Waals surface area (Å²) in [5.74, 6) is -0.352. The number of anilines is 1. The molecule has 2 rings (SSSR count). The Morgan fingerprint density at radius 2 is 1.80 bits per heavy atom. The summed E-state index contributed by atoms with van der Waals surface area (Å²) in [6.07, 6.45) is -4.64. The van der Waals surface area contributed by atoms with Crippen LogP contribution in [0.3, 0.4) is 0 Å². The highest BCUT2D eigenvalue weighted by Crippen LogP contribution is 2.33. The fourth-order valence-corrected chi connectivity index (χ4v) is 3.36. The zero-order valence-electron chi connectivity index (χ0n) is 9.76. The minimum absolute atomic E-state index is 0.140. The van der Waals surface area contributed by atoms with E-state index in [0.717, 1.165) is 0 Å². The van der Waals surface area contributed by atoms with Gasteiger partial charge in [-0.25, -0.2) is 8.42 Å². The lowest BCUT2D eigenvalue weighted by molar-refractivity contribution is -0.138. The van der Waals surface area contributed by atoms with Crippen molar-refractivity contribution in [2.75, 3.05) is 4.72 Å². The highest BCUT2D eigenvalue weighted by Gasteiger charge is 2.36. The lowest BCUT2D eigenvalue weighted by atomic mass is 10.2. The maximum Gasteiger partial charge on any atom is 0.445 e. The van der Waals surface area contributed by atoms with Gasteiger partial charge in [-0.3, -0.25) is 4.72 Å². The minimum Gasteiger partial charge on any atom is -0.257 e. The number of rotatable bonds is 4. The summed E-state index contributed by atoms with van der Waals surface area (Å²) in [6, 6.07) is 8.25. The van der Waals surface area contributed by atoms with E-state index in [1.807, 2.05) is 4.72 Å². The predicted molar refractivity (Wildman–Crippen MR) is 67.6 cm³/mol. The van der Waals surface area contributed by atoms with Crippen molar-refractivity contribution in [3.63, 3.8) is 0 Å². The second kappa shape index (κ2) is 5.37. The van der Waals surface area contributed by atoms with Gasteiger partial charge in [0.05, 0.1) is 5.75 Å². The van der Waals surface area contributed by atoms with Gasteiger partial charge in [0.25, 0.3) is 0 Å². The molecular weight excluding hydrogens is 315 g/mol. The first-order chi connectivity index (χ1) is 9.26. The van der Waals surface area contributed by atoms with Crippen LogP contribution in [0.1, 0.15) is 10.6 Å². The van der Waals surface area contributed by atoms with E-state index in [-0.39, 0.29) is 17.1 Å². The molecular formula is C10H8F3N3O2S2. The van der Waals surface area contributed by atoms with E-state index in [1.165, 1.54) is 0 Å². The summed E-state index contributed by atoms with van der Waals surface area (Å²) in [5, 5.41) is 4.45. The second-order valence-electron chi connectivity index (χ2n) is 3.76. The molecule has 2 aromatic rings. The van der Waals surface area contributed by atoms with Crippen LogP contribution in [0.2, 0.25) is 0 Å². The van der Waals surface area contributed by atoms with Crippen LogP contribution in [0, 0.1) is 0 Å². The summed E-state index contributed by atoms with van der Waals surface area (Å²) < 4.78 is 62.5. The molecule has 20 heavy (non-hydrogen) atoms. The third-order valence-electron chi connectivity index (χ3n) is 2.11. The van der Waals surface area contributed by atoms with Crippen molar-refractivity contribution >= 4 is 26.5 Å². The Morgan fingerprint density at radius 3 is 2.35 bits per heavy atom. The molecule has 108 valence electrons. The van der Waals surface area contributed by atoms with Crippen LogP contribution in [0.25, 0.3) is 0 Å². The molecule has 0 unspecified atom stereocenters. The Kier molecular flexibility index (Phi) is 3.95. The first-order valence-corrected chi connectivity index (χ1v) is 7.68. The van der Waals surface area contributed by atoms with Gasteiger partial charge in [-0.05, 0) is 5.56 Å². The molecule has 0 atom stereocenters. The van der Waals surface area contributed by atoms with Crippen molar-refractivity contribution in [2.24, 2.45) is 0 Å². The minimum atomic E-state index is -4.64. The third kappa shape index (κ3) is 3.90. The Hall–Kier alpha value is -1.68. The number of halogens is 3. The summed E-state index contributed by atoms with van der Waals surface area (Å²) >= 11 is 0.140. The summed E-state index contributed by atoms with van der Waals surface area (Å²) in [7, 11) is -3.83. The van der Waals surface area contributed by atoms with Gasteiger partial charge in [0, 0.05) is 0 Å². The topological polar surface area (TPSA) is 72.0 Å². The number of nitrogens with one attached hydrogen (secondary N) is 1. The van der Waals surface area contributed by atoms with Crippen LogP contribution in [0.4, 0.5) is 18.3 Å². The molecule has 1 heterocycles. The van der Waals surface area contributed by atoms with Crippen LogP contribution in [-0.4, -0.2) is 18.6 Å². The van der Waals surface area contributed by atoms with Gasteiger partial charge in [0.2, 0.25) is 20.2 Å². The van der Waals surface area contributed by atoms with Gasteiger partial charge < -0.3 is 0 Å². The van der Waals surface area contributed by atoms with Crippen LogP contribution in [-0.2, 0) is 22.0 Å². The number of benzene rings is 1. The molecule has 0 saturated carbocycles. The number of nitrogens with zero attached hydrogens (tertiary/aromatic N) is 2. The molecule has 5 nitrogen and oxygen atoms in total. The molecule has 1 N–H and O–H groups in total. The molecule has 0 amide bonds. The van der Waals surface area contributed by atoms with Crippen molar-refractivity contribution in [2.45, 2.75) is 11.9 Å². The second-order valence-corrected chi connectivity index (χ2v) is 6.46. The standard InChI is InChI=1S/C10H8F3N3O2S2/c11-10(12,13)8-14-15-9(19-8)16-20(17,18)6-7-4-2-1-3-5-7/h1-5H,6H2,(H,15,16). The Labute approximate surface area is 116 Å². The van der Waals surface area contributed by atoms with Crippen LogP contribution < -0.4 is 4.72 Å².